The molecule has 8 rings (SSSR count). The minimum atomic E-state index is -0.691. The van der Waals surface area contributed by atoms with Crippen molar-refractivity contribution in [1.29, 1.82) is 21.0 Å². The van der Waals surface area contributed by atoms with Gasteiger partial charge in [0.25, 0.3) is 0 Å². The van der Waals surface area contributed by atoms with Gasteiger partial charge in [-0.2, -0.15) is 21.0 Å². The zero-order chi connectivity index (χ0) is 52.8. The van der Waals surface area contributed by atoms with Gasteiger partial charge in [-0.3, -0.25) is 4.79 Å². The molecule has 8 aromatic carbocycles. The fourth-order valence-electron chi connectivity index (χ4n) is 8.84. The van der Waals surface area contributed by atoms with Gasteiger partial charge >= 0.3 is 0 Å². The topological polar surface area (TPSA) is 149 Å². The number of rotatable bonds is 16. The van der Waals surface area contributed by atoms with Gasteiger partial charge in [0.15, 0.2) is 5.78 Å². The minimum absolute atomic E-state index is 0.112. The lowest BCUT2D eigenvalue weighted by molar-refractivity contribution is 0.103. The number of benzene rings is 8. The molecule has 0 aliphatic rings. The van der Waals surface area contributed by atoms with Gasteiger partial charge in [-0.1, -0.05) is 100 Å². The highest BCUT2D eigenvalue weighted by Gasteiger charge is 2.29. The van der Waals surface area contributed by atoms with E-state index in [1.807, 2.05) is 94.4 Å². The van der Waals surface area contributed by atoms with E-state index in [1.165, 1.54) is 0 Å². The number of nitrogens with zero attached hydrogens (tertiary/aromatic N) is 4. The lowest BCUT2D eigenvalue weighted by atomic mass is 9.77. The number of nitriles is 4. The molecule has 0 spiro atoms. The van der Waals surface area contributed by atoms with Crippen molar-refractivity contribution in [2.24, 2.45) is 0 Å². The van der Waals surface area contributed by atoms with Gasteiger partial charge in [-0.15, -0.1) is 0 Å². The molecule has 0 bridgehead atoms. The summed E-state index contributed by atoms with van der Waals surface area (Å²) in [5.41, 5.74) is 6.69. The third-order valence-corrected chi connectivity index (χ3v) is 13.7. The Hall–Kier alpha value is -9.41. The van der Waals surface area contributed by atoms with Crippen LogP contribution in [0.15, 0.2) is 182 Å². The summed E-state index contributed by atoms with van der Waals surface area (Å²) >= 11 is 0. The monoisotopic (exact) mass is 970 g/mol. The lowest BCUT2D eigenvalue weighted by Gasteiger charge is -2.30. The summed E-state index contributed by atoms with van der Waals surface area (Å²) in [5, 5.41) is 37.4. The van der Waals surface area contributed by atoms with E-state index in [1.54, 1.807) is 72.8 Å². The van der Waals surface area contributed by atoms with Crippen molar-refractivity contribution in [3.8, 4) is 58.8 Å². The fourth-order valence-corrected chi connectivity index (χ4v) is 8.84. The van der Waals surface area contributed by atoms with Crippen LogP contribution in [0.1, 0.15) is 127 Å². The first-order chi connectivity index (χ1) is 35.3. The highest BCUT2D eigenvalue weighted by atomic mass is 16.5. The highest BCUT2D eigenvalue weighted by molar-refractivity contribution is 6.09. The van der Waals surface area contributed by atoms with Crippen LogP contribution in [0.2, 0.25) is 0 Å². The van der Waals surface area contributed by atoms with Gasteiger partial charge in [0, 0.05) is 22.0 Å². The molecule has 8 aromatic rings. The van der Waals surface area contributed by atoms with Gasteiger partial charge < -0.3 is 18.9 Å². The summed E-state index contributed by atoms with van der Waals surface area (Å²) in [6.07, 6.45) is 0. The first kappa shape index (κ1) is 51.0. The van der Waals surface area contributed by atoms with E-state index in [4.69, 9.17) is 18.9 Å². The lowest BCUT2D eigenvalue weighted by Crippen LogP contribution is -2.26. The van der Waals surface area contributed by atoms with Crippen molar-refractivity contribution in [1.82, 2.24) is 0 Å². The summed E-state index contributed by atoms with van der Waals surface area (Å²) < 4.78 is 25.0. The van der Waals surface area contributed by atoms with Gasteiger partial charge in [-0.05, 0) is 170 Å². The van der Waals surface area contributed by atoms with Crippen LogP contribution >= 0.6 is 0 Å². The molecule has 74 heavy (non-hydrogen) atoms. The molecule has 0 aliphatic carbocycles. The molecule has 0 saturated heterocycles. The first-order valence-electron chi connectivity index (χ1n) is 24.1. The van der Waals surface area contributed by atoms with Crippen LogP contribution in [0.5, 0.6) is 34.5 Å². The van der Waals surface area contributed by atoms with Gasteiger partial charge in [-0.25, -0.2) is 0 Å². The van der Waals surface area contributed by atoms with Gasteiger partial charge in [0.2, 0.25) is 0 Å². The summed E-state index contributed by atoms with van der Waals surface area (Å²) in [4.78, 5) is 13.6. The molecule has 0 N–H and O–H groups in total. The number of carbonyl (C=O) groups is 1. The molecule has 0 saturated carbocycles. The molecular formula is C65H54N4O5. The normalized spacial score (nSPS) is 11.5. The standard InChI is InChI=1S/C65H54N4O5/c1-62(2,50-17-21-54(22-18-50)65(7,8)74-60-32-14-46(40-67)48(38-60)42-69)51-23-33-56(34-24-51)71-55-27-9-43(10-28-55)61(70)44-11-29-58(30-12-44)73-64(5,6)53-19-15-49(16-20-53)63(3,4)52-25-35-57(36-26-52)72-59-31-13-45(39-66)47(37-59)41-68/h9-38H,1-8H3. The molecule has 0 amide bonds. The Morgan fingerprint density at radius 2 is 0.595 bits per heavy atom. The largest absolute Gasteiger partial charge is 0.483 e. The van der Waals surface area contributed by atoms with E-state index < -0.39 is 11.2 Å². The van der Waals surface area contributed by atoms with Gasteiger partial charge in [0.1, 0.15) is 70.0 Å². The Morgan fingerprint density at radius 3 is 0.973 bits per heavy atom. The zero-order valence-electron chi connectivity index (χ0n) is 42.7. The van der Waals surface area contributed by atoms with Crippen molar-refractivity contribution >= 4 is 5.78 Å². The van der Waals surface area contributed by atoms with Crippen LogP contribution in [0.25, 0.3) is 0 Å². The van der Waals surface area contributed by atoms with Crippen LogP contribution in [0, 0.1) is 45.3 Å². The SMILES string of the molecule is CC(C)(Oc1ccc(C(=O)c2ccc(Oc3ccc(C(C)(C)c4ccc(C(C)(C)Oc5ccc(C#N)c(C#N)c5)cc4)cc3)cc2)cc1)c1ccc(C(C)(C)c2ccc(Oc3ccc(C#N)c(C#N)c3)cc2)cc1. The molecule has 0 radical (unpaired) electrons. The second-order valence-electron chi connectivity index (χ2n) is 20.1. The van der Waals surface area contributed by atoms with Crippen molar-refractivity contribution in [2.75, 3.05) is 0 Å². The number of carbonyl (C=O) groups excluding carboxylic acids is 1. The maximum Gasteiger partial charge on any atom is 0.193 e. The van der Waals surface area contributed by atoms with Crippen molar-refractivity contribution in [3.63, 3.8) is 0 Å². The summed E-state index contributed by atoms with van der Waals surface area (Å²) in [7, 11) is 0. The minimum Gasteiger partial charge on any atom is -0.483 e. The summed E-state index contributed by atoms with van der Waals surface area (Å²) in [5.74, 6) is 3.45. The molecule has 0 atom stereocenters. The molecule has 0 fully saturated rings. The molecule has 0 aromatic heterocycles. The van der Waals surface area contributed by atoms with E-state index in [9.17, 15) is 25.8 Å². The van der Waals surface area contributed by atoms with E-state index in [2.05, 4.69) is 94.4 Å². The van der Waals surface area contributed by atoms with Crippen LogP contribution < -0.4 is 18.9 Å². The molecule has 0 heterocycles. The molecule has 0 aliphatic heterocycles. The first-order valence-corrected chi connectivity index (χ1v) is 24.1. The quantitative estimate of drug-likeness (QED) is 0.0862. The number of ether oxygens (including phenoxy) is 4. The van der Waals surface area contributed by atoms with Crippen molar-refractivity contribution in [2.45, 2.75) is 77.4 Å². The van der Waals surface area contributed by atoms with Crippen molar-refractivity contribution < 1.29 is 23.7 Å². The smallest absolute Gasteiger partial charge is 0.193 e. The number of hydrogen-bond donors (Lipinski definition) is 0. The third kappa shape index (κ3) is 11.0. The summed E-state index contributed by atoms with van der Waals surface area (Å²) in [6.45, 7) is 16.7. The Bertz CT molecular complexity index is 3510. The molecule has 9 heteroatoms. The van der Waals surface area contributed by atoms with Crippen molar-refractivity contribution in [3.05, 3.63) is 249 Å². The zero-order valence-corrected chi connectivity index (χ0v) is 42.7. The third-order valence-electron chi connectivity index (χ3n) is 13.7. The number of hydrogen-bond acceptors (Lipinski definition) is 9. The Labute approximate surface area is 433 Å². The highest BCUT2D eigenvalue weighted by Crippen LogP contribution is 2.38. The van der Waals surface area contributed by atoms with E-state index in [0.717, 1.165) is 33.4 Å². The maximum absolute atomic E-state index is 13.6. The van der Waals surface area contributed by atoms with E-state index >= 15 is 0 Å². The predicted molar refractivity (Wildman–Crippen MR) is 286 cm³/mol. The van der Waals surface area contributed by atoms with E-state index in [0.29, 0.717) is 56.8 Å². The van der Waals surface area contributed by atoms with Crippen LogP contribution in [0.3, 0.4) is 0 Å². The van der Waals surface area contributed by atoms with Crippen LogP contribution in [0.4, 0.5) is 0 Å². The Balaban J connectivity index is 0.840. The van der Waals surface area contributed by atoms with Gasteiger partial charge in [0.05, 0.1) is 22.3 Å². The van der Waals surface area contributed by atoms with E-state index in [-0.39, 0.29) is 27.7 Å². The average Bonchev–Trinajstić information content (AvgIpc) is 3.41. The average molecular weight is 971 g/mol. The number of ketones is 1. The molecule has 0 unspecified atom stereocenters. The summed E-state index contributed by atoms with van der Waals surface area (Å²) in [6, 6.07) is 64.9. The fraction of sp³-hybridized carbons (Fsp3) is 0.185. The Kier molecular flexibility index (Phi) is 14.3. The van der Waals surface area contributed by atoms with Crippen LogP contribution in [-0.2, 0) is 22.0 Å². The van der Waals surface area contributed by atoms with Crippen LogP contribution in [-0.4, -0.2) is 5.78 Å². The Morgan fingerprint density at radius 1 is 0.324 bits per heavy atom. The molecule has 9 nitrogen and oxygen atoms in total. The maximum atomic E-state index is 13.6. The second-order valence-corrected chi connectivity index (χ2v) is 20.1. The molecule has 364 valence electrons. The second kappa shape index (κ2) is 20.7. The molecular weight excluding hydrogens is 917 g/mol. The predicted octanol–water partition coefficient (Wildman–Crippen LogP) is 15.3.